The standard InChI is InChI=1S/C21H27NO3S/c23-26(24,17-7-10-19-8-3-1-4-9-19)22-15-13-20(14-16-22)18-25-21-11-5-2-6-12-21/h1-6,8-9,11-12,20H,7,10,13-18H2. The molecule has 1 saturated heterocycles. The molecule has 2 aromatic carbocycles. The molecule has 0 radical (unpaired) electrons. The van der Waals surface area contributed by atoms with Crippen molar-refractivity contribution < 1.29 is 13.2 Å². The molecule has 3 rings (SSSR count). The normalized spacial score (nSPS) is 16.5. The molecule has 0 atom stereocenters. The van der Waals surface area contributed by atoms with E-state index in [9.17, 15) is 8.42 Å². The summed E-state index contributed by atoms with van der Waals surface area (Å²) in [4.78, 5) is 0. The van der Waals surface area contributed by atoms with Crippen LogP contribution >= 0.6 is 0 Å². The van der Waals surface area contributed by atoms with Gasteiger partial charge in [0.05, 0.1) is 12.4 Å². The third kappa shape index (κ3) is 5.58. The number of piperidine rings is 1. The zero-order valence-corrected chi connectivity index (χ0v) is 15.9. The number of benzene rings is 2. The molecule has 0 spiro atoms. The lowest BCUT2D eigenvalue weighted by molar-refractivity contribution is 0.185. The van der Waals surface area contributed by atoms with E-state index in [0.29, 0.717) is 32.0 Å². The summed E-state index contributed by atoms with van der Waals surface area (Å²) in [5.41, 5.74) is 1.19. The molecule has 0 N–H and O–H groups in total. The minimum atomic E-state index is -3.15. The Morgan fingerprint density at radius 3 is 2.19 bits per heavy atom. The highest BCUT2D eigenvalue weighted by Gasteiger charge is 2.27. The predicted octanol–water partition coefficient (Wildman–Crippen LogP) is 3.74. The lowest BCUT2D eigenvalue weighted by atomic mass is 9.99. The minimum Gasteiger partial charge on any atom is -0.493 e. The summed E-state index contributed by atoms with van der Waals surface area (Å²) in [6.07, 6.45) is 3.21. The second-order valence-electron chi connectivity index (χ2n) is 6.87. The molecule has 2 aromatic rings. The van der Waals surface area contributed by atoms with Crippen LogP contribution in [0.5, 0.6) is 5.75 Å². The Bertz CT molecular complexity index is 754. The molecule has 1 heterocycles. The average molecular weight is 374 g/mol. The lowest BCUT2D eigenvalue weighted by Crippen LogP contribution is -2.40. The third-order valence-electron chi connectivity index (χ3n) is 4.91. The van der Waals surface area contributed by atoms with Crippen molar-refractivity contribution in [2.45, 2.75) is 25.7 Å². The number of hydrogen-bond donors (Lipinski definition) is 0. The first-order chi connectivity index (χ1) is 12.6. The number of hydrogen-bond acceptors (Lipinski definition) is 3. The molecule has 4 nitrogen and oxygen atoms in total. The smallest absolute Gasteiger partial charge is 0.214 e. The molecule has 0 aromatic heterocycles. The van der Waals surface area contributed by atoms with Gasteiger partial charge in [-0.25, -0.2) is 12.7 Å². The van der Waals surface area contributed by atoms with E-state index >= 15 is 0 Å². The van der Waals surface area contributed by atoms with Gasteiger partial charge in [0.2, 0.25) is 10.0 Å². The second kappa shape index (κ2) is 9.19. The Morgan fingerprint density at radius 1 is 0.923 bits per heavy atom. The SMILES string of the molecule is O=S(=O)(CCCc1ccccc1)N1CCC(COc2ccccc2)CC1. The highest BCUT2D eigenvalue weighted by atomic mass is 32.2. The van der Waals surface area contributed by atoms with Crippen molar-refractivity contribution in [2.75, 3.05) is 25.4 Å². The van der Waals surface area contributed by atoms with Gasteiger partial charge in [0.15, 0.2) is 0 Å². The largest absolute Gasteiger partial charge is 0.493 e. The van der Waals surface area contributed by atoms with Crippen molar-refractivity contribution in [3.63, 3.8) is 0 Å². The van der Waals surface area contributed by atoms with Crippen LogP contribution in [0.2, 0.25) is 0 Å². The van der Waals surface area contributed by atoms with Crippen LogP contribution in [-0.4, -0.2) is 38.2 Å². The Morgan fingerprint density at radius 2 is 1.54 bits per heavy atom. The fourth-order valence-corrected chi connectivity index (χ4v) is 4.85. The summed E-state index contributed by atoms with van der Waals surface area (Å²) in [5, 5.41) is 0. The van der Waals surface area contributed by atoms with Crippen LogP contribution in [0.4, 0.5) is 0 Å². The molecule has 0 unspecified atom stereocenters. The van der Waals surface area contributed by atoms with Crippen LogP contribution in [0, 0.1) is 5.92 Å². The quantitative estimate of drug-likeness (QED) is 0.708. The third-order valence-corrected chi connectivity index (χ3v) is 6.86. The monoisotopic (exact) mass is 373 g/mol. The van der Waals surface area contributed by atoms with Gasteiger partial charge in [0.1, 0.15) is 5.75 Å². The Hall–Kier alpha value is -1.85. The van der Waals surface area contributed by atoms with Crippen LogP contribution in [0.1, 0.15) is 24.8 Å². The molecule has 0 amide bonds. The zero-order valence-electron chi connectivity index (χ0n) is 15.1. The molecule has 1 fully saturated rings. The first-order valence-corrected chi connectivity index (χ1v) is 10.9. The zero-order chi connectivity index (χ0) is 18.2. The highest BCUT2D eigenvalue weighted by molar-refractivity contribution is 7.89. The van der Waals surface area contributed by atoms with Crippen molar-refractivity contribution in [1.82, 2.24) is 4.31 Å². The molecular weight excluding hydrogens is 346 g/mol. The lowest BCUT2D eigenvalue weighted by Gasteiger charge is -2.31. The highest BCUT2D eigenvalue weighted by Crippen LogP contribution is 2.22. The maximum atomic E-state index is 12.6. The van der Waals surface area contributed by atoms with E-state index in [1.165, 1.54) is 5.56 Å². The van der Waals surface area contributed by atoms with Crippen LogP contribution in [-0.2, 0) is 16.4 Å². The fraction of sp³-hybridized carbons (Fsp3) is 0.429. The molecule has 140 valence electrons. The molecule has 1 aliphatic heterocycles. The Kier molecular flexibility index (Phi) is 6.69. The Labute approximate surface area is 156 Å². The summed E-state index contributed by atoms with van der Waals surface area (Å²) < 4.78 is 32.6. The molecular formula is C21H27NO3S. The number of nitrogens with zero attached hydrogens (tertiary/aromatic N) is 1. The van der Waals surface area contributed by atoms with Gasteiger partial charge < -0.3 is 4.74 Å². The molecule has 1 aliphatic rings. The number of ether oxygens (including phenoxy) is 1. The summed E-state index contributed by atoms with van der Waals surface area (Å²) >= 11 is 0. The van der Waals surface area contributed by atoms with Crippen LogP contribution in [0.3, 0.4) is 0 Å². The van der Waals surface area contributed by atoms with E-state index in [4.69, 9.17) is 4.74 Å². The van der Waals surface area contributed by atoms with E-state index in [1.807, 2.05) is 60.7 Å². The maximum Gasteiger partial charge on any atom is 0.214 e. The predicted molar refractivity (Wildman–Crippen MR) is 105 cm³/mol. The molecule has 5 heteroatoms. The van der Waals surface area contributed by atoms with Crippen molar-refractivity contribution >= 4 is 10.0 Å². The van der Waals surface area contributed by atoms with Gasteiger partial charge in [0.25, 0.3) is 0 Å². The minimum absolute atomic E-state index is 0.229. The molecule has 0 aliphatic carbocycles. The van der Waals surface area contributed by atoms with E-state index in [1.54, 1.807) is 4.31 Å². The van der Waals surface area contributed by atoms with Gasteiger partial charge in [-0.05, 0) is 49.3 Å². The number of para-hydroxylation sites is 1. The van der Waals surface area contributed by atoms with Crippen molar-refractivity contribution in [2.24, 2.45) is 5.92 Å². The number of sulfonamides is 1. The first-order valence-electron chi connectivity index (χ1n) is 9.33. The second-order valence-corrected chi connectivity index (χ2v) is 8.96. The van der Waals surface area contributed by atoms with E-state index in [2.05, 4.69) is 0 Å². The summed E-state index contributed by atoms with van der Waals surface area (Å²) in [5.74, 6) is 1.53. The summed E-state index contributed by atoms with van der Waals surface area (Å²) in [6.45, 7) is 1.87. The van der Waals surface area contributed by atoms with Crippen LogP contribution in [0.25, 0.3) is 0 Å². The molecule has 0 saturated carbocycles. The number of aryl methyl sites for hydroxylation is 1. The van der Waals surface area contributed by atoms with Crippen LogP contribution < -0.4 is 4.74 Å². The van der Waals surface area contributed by atoms with Gasteiger partial charge >= 0.3 is 0 Å². The topological polar surface area (TPSA) is 46.6 Å². The van der Waals surface area contributed by atoms with Crippen molar-refractivity contribution in [3.05, 3.63) is 66.2 Å². The fourth-order valence-electron chi connectivity index (χ4n) is 3.32. The van der Waals surface area contributed by atoms with Gasteiger partial charge in [-0.15, -0.1) is 0 Å². The maximum absolute atomic E-state index is 12.6. The van der Waals surface area contributed by atoms with E-state index in [-0.39, 0.29) is 5.75 Å². The first kappa shape index (κ1) is 18.9. The van der Waals surface area contributed by atoms with Crippen LogP contribution in [0.15, 0.2) is 60.7 Å². The van der Waals surface area contributed by atoms with E-state index in [0.717, 1.165) is 25.0 Å². The Balaban J connectivity index is 1.40. The number of rotatable bonds is 8. The van der Waals surface area contributed by atoms with E-state index < -0.39 is 10.0 Å². The molecule has 0 bridgehead atoms. The summed E-state index contributed by atoms with van der Waals surface area (Å²) in [7, 11) is -3.15. The van der Waals surface area contributed by atoms with Gasteiger partial charge in [-0.3, -0.25) is 0 Å². The summed E-state index contributed by atoms with van der Waals surface area (Å²) in [6, 6.07) is 19.8. The van der Waals surface area contributed by atoms with Crippen molar-refractivity contribution in [3.8, 4) is 5.75 Å². The average Bonchev–Trinajstić information content (AvgIpc) is 2.68. The van der Waals surface area contributed by atoms with Gasteiger partial charge in [-0.2, -0.15) is 0 Å². The van der Waals surface area contributed by atoms with Crippen molar-refractivity contribution in [1.29, 1.82) is 0 Å². The van der Waals surface area contributed by atoms with Gasteiger partial charge in [0, 0.05) is 13.1 Å². The molecule has 26 heavy (non-hydrogen) atoms. The van der Waals surface area contributed by atoms with Gasteiger partial charge in [-0.1, -0.05) is 48.5 Å².